The van der Waals surface area contributed by atoms with Crippen LogP contribution in [0.15, 0.2) is 0 Å². The molecule has 4 nitrogen and oxygen atoms in total. The molecular weight excluding hydrogens is 194 g/mol. The van der Waals surface area contributed by atoms with Crippen LogP contribution >= 0.6 is 0 Å². The van der Waals surface area contributed by atoms with Gasteiger partial charge < -0.3 is 10.4 Å². The summed E-state index contributed by atoms with van der Waals surface area (Å²) in [6, 6.07) is 0.205. The topological polar surface area (TPSA) is 66.4 Å². The van der Waals surface area contributed by atoms with Crippen molar-refractivity contribution < 1.29 is 14.7 Å². The van der Waals surface area contributed by atoms with E-state index in [0.29, 0.717) is 5.92 Å². The van der Waals surface area contributed by atoms with Gasteiger partial charge in [-0.3, -0.25) is 9.59 Å². The number of carboxylic acids is 1. The molecule has 1 rings (SSSR count). The molecule has 1 aliphatic rings. The third-order valence-corrected chi connectivity index (χ3v) is 3.00. The smallest absolute Gasteiger partial charge is 0.318 e. The Bertz CT molecular complexity index is 273. The Balaban J connectivity index is 2.41. The van der Waals surface area contributed by atoms with Crippen LogP contribution < -0.4 is 5.32 Å². The fraction of sp³-hybridized carbons (Fsp3) is 0.818. The third kappa shape index (κ3) is 2.70. The van der Waals surface area contributed by atoms with Gasteiger partial charge in [0.05, 0.1) is 0 Å². The van der Waals surface area contributed by atoms with Crippen LogP contribution in [0.25, 0.3) is 0 Å². The minimum Gasteiger partial charge on any atom is -0.480 e. The number of carboxylic acid groups (broad SMARTS) is 1. The van der Waals surface area contributed by atoms with Gasteiger partial charge in [0, 0.05) is 6.04 Å². The van der Waals surface area contributed by atoms with Crippen molar-refractivity contribution in [2.45, 2.75) is 46.1 Å². The molecule has 0 aromatic carbocycles. The molecule has 1 amide bonds. The molecule has 0 aliphatic heterocycles. The first kappa shape index (κ1) is 12.0. The predicted octanol–water partition coefficient (Wildman–Crippen LogP) is 1.40. The Morgan fingerprint density at radius 2 is 2.07 bits per heavy atom. The molecule has 1 aliphatic carbocycles. The summed E-state index contributed by atoms with van der Waals surface area (Å²) in [5.74, 6) is -0.894. The maximum absolute atomic E-state index is 11.6. The Morgan fingerprint density at radius 1 is 1.47 bits per heavy atom. The third-order valence-electron chi connectivity index (χ3n) is 3.00. The van der Waals surface area contributed by atoms with E-state index in [0.717, 1.165) is 19.3 Å². The second kappa shape index (κ2) is 4.21. The van der Waals surface area contributed by atoms with E-state index < -0.39 is 11.4 Å². The molecule has 0 aromatic heterocycles. The number of amides is 1. The van der Waals surface area contributed by atoms with Crippen molar-refractivity contribution in [3.8, 4) is 0 Å². The number of carbonyl (C=O) groups excluding carboxylic acids is 1. The molecule has 4 heteroatoms. The zero-order valence-corrected chi connectivity index (χ0v) is 9.54. The van der Waals surface area contributed by atoms with E-state index in [1.807, 2.05) is 0 Å². The van der Waals surface area contributed by atoms with Crippen molar-refractivity contribution in [3.63, 3.8) is 0 Å². The Morgan fingerprint density at radius 3 is 2.53 bits per heavy atom. The molecule has 0 aromatic rings. The second-order valence-electron chi connectivity index (χ2n) is 4.79. The van der Waals surface area contributed by atoms with Crippen LogP contribution in [0, 0.1) is 11.3 Å². The highest BCUT2D eigenvalue weighted by molar-refractivity contribution is 6.01. The van der Waals surface area contributed by atoms with Crippen LogP contribution in [0.1, 0.15) is 40.0 Å². The first-order valence-electron chi connectivity index (χ1n) is 5.44. The molecule has 0 bridgehead atoms. The van der Waals surface area contributed by atoms with Gasteiger partial charge in [-0.25, -0.2) is 0 Å². The van der Waals surface area contributed by atoms with E-state index in [-0.39, 0.29) is 11.9 Å². The normalized spacial score (nSPS) is 24.7. The van der Waals surface area contributed by atoms with Crippen molar-refractivity contribution in [1.82, 2.24) is 5.32 Å². The zero-order chi connectivity index (χ0) is 11.6. The van der Waals surface area contributed by atoms with E-state index in [2.05, 4.69) is 12.2 Å². The van der Waals surface area contributed by atoms with E-state index in [1.54, 1.807) is 0 Å². The molecule has 2 N–H and O–H groups in total. The predicted molar refractivity (Wildman–Crippen MR) is 56.4 cm³/mol. The standard InChI is InChI=1S/C11H19NO3/c1-4-5-7-6-8(7)12-9(13)11(2,3)10(14)15/h7-8H,4-6H2,1-3H3,(H,12,13)(H,14,15). The van der Waals surface area contributed by atoms with Crippen molar-refractivity contribution in [3.05, 3.63) is 0 Å². The van der Waals surface area contributed by atoms with Crippen molar-refractivity contribution in [2.24, 2.45) is 11.3 Å². The quantitative estimate of drug-likeness (QED) is 0.678. The van der Waals surface area contributed by atoms with Gasteiger partial charge in [-0.2, -0.15) is 0 Å². The largest absolute Gasteiger partial charge is 0.480 e. The second-order valence-corrected chi connectivity index (χ2v) is 4.79. The van der Waals surface area contributed by atoms with E-state index >= 15 is 0 Å². The van der Waals surface area contributed by atoms with Crippen LogP contribution in [0.2, 0.25) is 0 Å². The lowest BCUT2D eigenvalue weighted by Crippen LogP contribution is -2.43. The monoisotopic (exact) mass is 213 g/mol. The molecule has 1 fully saturated rings. The fourth-order valence-corrected chi connectivity index (χ4v) is 1.56. The van der Waals surface area contributed by atoms with Crippen molar-refractivity contribution in [1.29, 1.82) is 0 Å². The Hall–Kier alpha value is -1.06. The summed E-state index contributed by atoms with van der Waals surface area (Å²) in [6.07, 6.45) is 3.22. The molecule has 1 saturated carbocycles. The minimum atomic E-state index is -1.32. The summed E-state index contributed by atoms with van der Waals surface area (Å²) >= 11 is 0. The van der Waals surface area contributed by atoms with Crippen LogP contribution in [0.3, 0.4) is 0 Å². The van der Waals surface area contributed by atoms with Crippen molar-refractivity contribution in [2.75, 3.05) is 0 Å². The van der Waals surface area contributed by atoms with Crippen LogP contribution in [0.4, 0.5) is 0 Å². The average molecular weight is 213 g/mol. The van der Waals surface area contributed by atoms with Crippen molar-refractivity contribution >= 4 is 11.9 Å². The highest BCUT2D eigenvalue weighted by Crippen LogP contribution is 2.35. The molecule has 0 radical (unpaired) electrons. The summed E-state index contributed by atoms with van der Waals surface area (Å²) in [4.78, 5) is 22.4. The number of aliphatic carboxylic acids is 1. The van der Waals surface area contributed by atoms with Crippen LogP contribution in [-0.4, -0.2) is 23.0 Å². The number of nitrogens with one attached hydrogen (secondary N) is 1. The highest BCUT2D eigenvalue weighted by atomic mass is 16.4. The first-order valence-corrected chi connectivity index (χ1v) is 5.44. The summed E-state index contributed by atoms with van der Waals surface area (Å²) < 4.78 is 0. The summed E-state index contributed by atoms with van der Waals surface area (Å²) in [7, 11) is 0. The number of carbonyl (C=O) groups is 2. The fourth-order valence-electron chi connectivity index (χ4n) is 1.56. The minimum absolute atomic E-state index is 0.205. The van der Waals surface area contributed by atoms with Gasteiger partial charge in [-0.05, 0) is 32.6 Å². The molecule has 15 heavy (non-hydrogen) atoms. The molecule has 0 heterocycles. The average Bonchev–Trinajstić information content (AvgIpc) is 2.83. The van der Waals surface area contributed by atoms with Crippen LogP contribution in [-0.2, 0) is 9.59 Å². The van der Waals surface area contributed by atoms with Gasteiger partial charge in [-0.1, -0.05) is 13.3 Å². The van der Waals surface area contributed by atoms with Crippen LogP contribution in [0.5, 0.6) is 0 Å². The zero-order valence-electron chi connectivity index (χ0n) is 9.54. The maximum atomic E-state index is 11.6. The van der Waals surface area contributed by atoms with Gasteiger partial charge in [-0.15, -0.1) is 0 Å². The summed E-state index contributed by atoms with van der Waals surface area (Å²) in [5.41, 5.74) is -1.32. The molecule has 2 atom stereocenters. The molecule has 0 spiro atoms. The summed E-state index contributed by atoms with van der Waals surface area (Å²) in [5, 5.41) is 11.6. The highest BCUT2D eigenvalue weighted by Gasteiger charge is 2.42. The summed E-state index contributed by atoms with van der Waals surface area (Å²) in [6.45, 7) is 4.97. The molecule has 2 unspecified atom stereocenters. The first-order chi connectivity index (χ1) is 6.89. The van der Waals surface area contributed by atoms with E-state index in [9.17, 15) is 9.59 Å². The van der Waals surface area contributed by atoms with E-state index in [4.69, 9.17) is 5.11 Å². The van der Waals surface area contributed by atoms with Gasteiger partial charge in [0.15, 0.2) is 0 Å². The number of hydrogen-bond acceptors (Lipinski definition) is 2. The van der Waals surface area contributed by atoms with E-state index in [1.165, 1.54) is 13.8 Å². The van der Waals surface area contributed by atoms with Gasteiger partial charge in [0.25, 0.3) is 0 Å². The number of hydrogen-bond donors (Lipinski definition) is 2. The lowest BCUT2D eigenvalue weighted by Gasteiger charge is -2.18. The molecule has 86 valence electrons. The Kier molecular flexibility index (Phi) is 3.37. The lowest BCUT2D eigenvalue weighted by molar-refractivity contribution is -0.153. The molecular formula is C11H19NO3. The Labute approximate surface area is 90.0 Å². The van der Waals surface area contributed by atoms with Gasteiger partial charge >= 0.3 is 5.97 Å². The lowest BCUT2D eigenvalue weighted by atomic mass is 9.92. The maximum Gasteiger partial charge on any atom is 0.318 e. The number of rotatable bonds is 5. The SMILES string of the molecule is CCCC1CC1NC(=O)C(C)(C)C(=O)O. The molecule has 0 saturated heterocycles. The van der Waals surface area contributed by atoms with Gasteiger partial charge in [0.1, 0.15) is 5.41 Å². The van der Waals surface area contributed by atoms with Gasteiger partial charge in [0.2, 0.25) is 5.91 Å².